The van der Waals surface area contributed by atoms with E-state index in [4.69, 9.17) is 0 Å². The van der Waals surface area contributed by atoms with E-state index < -0.39 is 11.7 Å². The van der Waals surface area contributed by atoms with Gasteiger partial charge in [-0.15, -0.1) is 0 Å². The molecule has 1 fully saturated rings. The van der Waals surface area contributed by atoms with Gasteiger partial charge in [0.1, 0.15) is 0 Å². The molecule has 0 spiro atoms. The first-order valence-electron chi connectivity index (χ1n) is 6.92. The van der Waals surface area contributed by atoms with Crippen molar-refractivity contribution in [1.29, 1.82) is 0 Å². The number of amidine groups is 1. The molecule has 1 aliphatic heterocycles. The molecule has 0 saturated carbocycles. The minimum atomic E-state index is -4.50. The van der Waals surface area contributed by atoms with Crippen molar-refractivity contribution in [2.24, 2.45) is 12.0 Å². The topological polar surface area (TPSA) is 46.4 Å². The molecule has 1 aromatic heterocycles. The maximum absolute atomic E-state index is 13.0. The van der Waals surface area contributed by atoms with Gasteiger partial charge in [-0.2, -0.15) is 13.2 Å². The van der Waals surface area contributed by atoms with E-state index in [0.29, 0.717) is 4.91 Å². The summed E-state index contributed by atoms with van der Waals surface area (Å²) in [5, 5.41) is 2.61. The number of hydrogen-bond donors (Lipinski definition) is 1. The van der Waals surface area contributed by atoms with Crippen LogP contribution < -0.4 is 5.32 Å². The Kier molecular flexibility index (Phi) is 4.23. The predicted molar refractivity (Wildman–Crippen MR) is 87.7 cm³/mol. The van der Waals surface area contributed by atoms with Crippen LogP contribution in [0.1, 0.15) is 11.3 Å². The second-order valence-corrected chi connectivity index (χ2v) is 6.07. The van der Waals surface area contributed by atoms with Crippen molar-refractivity contribution in [2.45, 2.75) is 6.18 Å². The Morgan fingerprint density at radius 2 is 1.96 bits per heavy atom. The van der Waals surface area contributed by atoms with Gasteiger partial charge in [-0.05, 0) is 42.1 Å². The van der Waals surface area contributed by atoms with E-state index >= 15 is 0 Å². The maximum Gasteiger partial charge on any atom is 0.418 e. The number of carbonyl (C=O) groups is 1. The molecule has 3 rings (SSSR count). The highest BCUT2D eigenvalue weighted by molar-refractivity contribution is 8.18. The standard InChI is InChI=1S/C16H12F3N3OS/c1-22-8-4-5-10(22)9-13-14(23)21-15(24-13)20-12-7-3-2-6-11(12)16(17,18)19/h2-9H,1H3,(H,20,21,23)/b13-9-. The van der Waals surface area contributed by atoms with Crippen molar-refractivity contribution < 1.29 is 18.0 Å². The predicted octanol–water partition coefficient (Wildman–Crippen LogP) is 3.94. The molecule has 0 bridgehead atoms. The summed E-state index contributed by atoms with van der Waals surface area (Å²) in [6, 6.07) is 8.65. The number of aliphatic imine (C=N–C) groups is 1. The number of aryl methyl sites for hydroxylation is 1. The second-order valence-electron chi connectivity index (χ2n) is 5.04. The van der Waals surface area contributed by atoms with Crippen molar-refractivity contribution in [1.82, 2.24) is 9.88 Å². The molecule has 1 aromatic carbocycles. The van der Waals surface area contributed by atoms with E-state index in [1.165, 1.54) is 18.2 Å². The number of rotatable bonds is 2. The van der Waals surface area contributed by atoms with Crippen LogP contribution >= 0.6 is 11.8 Å². The lowest BCUT2D eigenvalue weighted by atomic mass is 10.2. The molecule has 124 valence electrons. The van der Waals surface area contributed by atoms with Gasteiger partial charge in [0.05, 0.1) is 16.2 Å². The monoisotopic (exact) mass is 351 g/mol. The smallest absolute Gasteiger partial charge is 0.351 e. The van der Waals surface area contributed by atoms with Crippen LogP contribution in [0.3, 0.4) is 0 Å². The van der Waals surface area contributed by atoms with E-state index in [0.717, 1.165) is 23.5 Å². The van der Waals surface area contributed by atoms with Gasteiger partial charge in [0, 0.05) is 18.9 Å². The summed E-state index contributed by atoms with van der Waals surface area (Å²) >= 11 is 1.01. The van der Waals surface area contributed by atoms with Crippen molar-refractivity contribution in [2.75, 3.05) is 0 Å². The fourth-order valence-electron chi connectivity index (χ4n) is 2.16. The summed E-state index contributed by atoms with van der Waals surface area (Å²) in [6.45, 7) is 0. The van der Waals surface area contributed by atoms with Crippen LogP contribution in [-0.2, 0) is 18.0 Å². The van der Waals surface area contributed by atoms with Crippen LogP contribution in [0.2, 0.25) is 0 Å². The average molecular weight is 351 g/mol. The van der Waals surface area contributed by atoms with Gasteiger partial charge in [0.25, 0.3) is 5.91 Å². The highest BCUT2D eigenvalue weighted by Crippen LogP contribution is 2.37. The average Bonchev–Trinajstić information content (AvgIpc) is 3.06. The summed E-state index contributed by atoms with van der Waals surface area (Å²) in [6.07, 6.45) is -1.01. The number of alkyl halides is 3. The third kappa shape index (κ3) is 3.38. The molecular formula is C16H12F3N3OS. The molecule has 0 radical (unpaired) electrons. The van der Waals surface area contributed by atoms with Gasteiger partial charge in [-0.25, -0.2) is 4.99 Å². The molecule has 0 unspecified atom stereocenters. The molecule has 4 nitrogen and oxygen atoms in total. The number of aromatic nitrogens is 1. The van der Waals surface area contributed by atoms with Crippen molar-refractivity contribution in [3.8, 4) is 0 Å². The van der Waals surface area contributed by atoms with Crippen LogP contribution in [-0.4, -0.2) is 15.6 Å². The van der Waals surface area contributed by atoms with Gasteiger partial charge in [-0.3, -0.25) is 4.79 Å². The second kappa shape index (κ2) is 6.20. The number of nitrogens with zero attached hydrogens (tertiary/aromatic N) is 2. The molecule has 24 heavy (non-hydrogen) atoms. The molecular weight excluding hydrogens is 339 g/mol. The maximum atomic E-state index is 13.0. The Morgan fingerprint density at radius 1 is 1.21 bits per heavy atom. The fraction of sp³-hybridized carbons (Fsp3) is 0.125. The van der Waals surface area contributed by atoms with E-state index in [1.54, 1.807) is 6.08 Å². The Bertz CT molecular complexity index is 852. The number of amides is 1. The third-order valence-electron chi connectivity index (χ3n) is 3.35. The SMILES string of the molecule is Cn1cccc1/C=C1\SC(=Nc2ccccc2C(F)(F)F)NC1=O. The zero-order valence-electron chi connectivity index (χ0n) is 12.5. The van der Waals surface area contributed by atoms with Crippen molar-refractivity contribution >= 4 is 34.6 Å². The third-order valence-corrected chi connectivity index (χ3v) is 4.26. The Morgan fingerprint density at radius 3 is 2.62 bits per heavy atom. The van der Waals surface area contributed by atoms with Crippen LogP contribution in [0.15, 0.2) is 52.5 Å². The first-order valence-corrected chi connectivity index (χ1v) is 7.73. The molecule has 8 heteroatoms. The molecule has 1 aliphatic rings. The number of thioether (sulfide) groups is 1. The van der Waals surface area contributed by atoms with Gasteiger partial charge >= 0.3 is 6.18 Å². The first-order chi connectivity index (χ1) is 11.3. The highest BCUT2D eigenvalue weighted by Gasteiger charge is 2.34. The van der Waals surface area contributed by atoms with Crippen molar-refractivity contribution in [3.05, 3.63) is 58.8 Å². The molecule has 0 atom stereocenters. The van der Waals surface area contributed by atoms with Crippen LogP contribution in [0.4, 0.5) is 18.9 Å². The first kappa shape index (κ1) is 16.4. The number of hydrogen-bond acceptors (Lipinski definition) is 3. The van der Waals surface area contributed by atoms with E-state index in [9.17, 15) is 18.0 Å². The summed E-state index contributed by atoms with van der Waals surface area (Å²) in [5.41, 5.74) is -0.260. The zero-order valence-corrected chi connectivity index (χ0v) is 13.3. The summed E-state index contributed by atoms with van der Waals surface area (Å²) in [7, 11) is 1.83. The lowest BCUT2D eigenvalue weighted by Gasteiger charge is -2.09. The highest BCUT2D eigenvalue weighted by atomic mass is 32.2. The van der Waals surface area contributed by atoms with E-state index in [2.05, 4.69) is 10.3 Å². The lowest BCUT2D eigenvalue weighted by molar-refractivity contribution is -0.137. The largest absolute Gasteiger partial charge is 0.418 e. The number of benzene rings is 1. The van der Waals surface area contributed by atoms with Crippen molar-refractivity contribution in [3.63, 3.8) is 0 Å². The van der Waals surface area contributed by atoms with Gasteiger partial charge in [-0.1, -0.05) is 12.1 Å². The van der Waals surface area contributed by atoms with Crippen LogP contribution in [0, 0.1) is 0 Å². The fourth-order valence-corrected chi connectivity index (χ4v) is 2.98. The molecule has 0 aliphatic carbocycles. The minimum absolute atomic E-state index is 0.122. The number of para-hydroxylation sites is 1. The zero-order chi connectivity index (χ0) is 17.3. The van der Waals surface area contributed by atoms with E-state index in [1.807, 2.05) is 29.9 Å². The minimum Gasteiger partial charge on any atom is -0.351 e. The normalized spacial score (nSPS) is 18.4. The number of halogens is 3. The molecule has 2 aromatic rings. The van der Waals surface area contributed by atoms with Crippen LogP contribution in [0.25, 0.3) is 6.08 Å². The summed E-state index contributed by atoms with van der Waals surface area (Å²) in [5.74, 6) is -0.385. The Labute approximate surface area is 140 Å². The summed E-state index contributed by atoms with van der Waals surface area (Å²) in [4.78, 5) is 16.3. The van der Waals surface area contributed by atoms with E-state index in [-0.39, 0.29) is 16.8 Å². The molecule has 1 saturated heterocycles. The Balaban J connectivity index is 1.91. The molecule has 1 N–H and O–H groups in total. The number of carbonyl (C=O) groups excluding carboxylic acids is 1. The van der Waals surface area contributed by atoms with Crippen LogP contribution in [0.5, 0.6) is 0 Å². The molecule has 1 amide bonds. The van der Waals surface area contributed by atoms with Gasteiger partial charge in [0.2, 0.25) is 0 Å². The Hall–Kier alpha value is -2.48. The lowest BCUT2D eigenvalue weighted by Crippen LogP contribution is -2.19. The molecule has 2 heterocycles. The van der Waals surface area contributed by atoms with Gasteiger partial charge < -0.3 is 9.88 Å². The summed E-state index contributed by atoms with van der Waals surface area (Å²) < 4.78 is 40.8. The van der Waals surface area contributed by atoms with Gasteiger partial charge in [0.15, 0.2) is 5.17 Å². The number of nitrogens with one attached hydrogen (secondary N) is 1. The quantitative estimate of drug-likeness (QED) is 0.833.